The molecule has 1 aromatic rings. The number of carbonyl (C=O) groups excluding carboxylic acids is 1. The van der Waals surface area contributed by atoms with Crippen molar-refractivity contribution < 1.29 is 4.79 Å². The molecule has 0 N–H and O–H groups in total. The van der Waals surface area contributed by atoms with Crippen LogP contribution < -0.4 is 4.90 Å². The molecule has 2 rings (SSSR count). The zero-order valence-corrected chi connectivity index (χ0v) is 10.8. The molecule has 0 aliphatic heterocycles. The maximum Gasteiger partial charge on any atom is 0.231 e. The van der Waals surface area contributed by atoms with Crippen LogP contribution in [0.2, 0.25) is 0 Å². The van der Waals surface area contributed by atoms with Crippen molar-refractivity contribution in [1.29, 1.82) is 0 Å². The average molecular weight is 243 g/mol. The highest BCUT2D eigenvalue weighted by molar-refractivity contribution is 5.94. The van der Waals surface area contributed by atoms with Crippen LogP contribution in [0.15, 0.2) is 43.0 Å². The molecule has 0 saturated heterocycles. The SMILES string of the molecule is C=CCC(=O)N(c1ccccc1)C1CCCCC1. The molecular formula is C16H21NO. The highest BCUT2D eigenvalue weighted by atomic mass is 16.2. The first-order valence-electron chi connectivity index (χ1n) is 6.81. The minimum absolute atomic E-state index is 0.170. The molecule has 0 bridgehead atoms. The summed E-state index contributed by atoms with van der Waals surface area (Å²) < 4.78 is 0. The summed E-state index contributed by atoms with van der Waals surface area (Å²) in [5, 5.41) is 0. The molecule has 1 aliphatic carbocycles. The summed E-state index contributed by atoms with van der Waals surface area (Å²) in [7, 11) is 0. The molecule has 0 unspecified atom stereocenters. The van der Waals surface area contributed by atoms with Gasteiger partial charge in [-0.1, -0.05) is 43.5 Å². The van der Waals surface area contributed by atoms with Crippen molar-refractivity contribution in [2.45, 2.75) is 44.6 Å². The maximum atomic E-state index is 12.3. The highest BCUT2D eigenvalue weighted by Crippen LogP contribution is 2.27. The van der Waals surface area contributed by atoms with Crippen LogP contribution in [-0.2, 0) is 4.79 Å². The zero-order chi connectivity index (χ0) is 12.8. The number of para-hydroxylation sites is 1. The molecule has 0 aromatic heterocycles. The van der Waals surface area contributed by atoms with Gasteiger partial charge < -0.3 is 4.90 Å². The smallest absolute Gasteiger partial charge is 0.231 e. The van der Waals surface area contributed by atoms with Crippen molar-refractivity contribution in [2.75, 3.05) is 4.90 Å². The fraction of sp³-hybridized carbons (Fsp3) is 0.438. The van der Waals surface area contributed by atoms with E-state index in [1.807, 2.05) is 35.2 Å². The second kappa shape index (κ2) is 6.39. The summed E-state index contributed by atoms with van der Waals surface area (Å²) in [6.07, 6.45) is 8.13. The molecule has 1 amide bonds. The Morgan fingerprint density at radius 1 is 1.22 bits per heavy atom. The second-order valence-electron chi connectivity index (χ2n) is 4.88. The minimum Gasteiger partial charge on any atom is -0.309 e. The largest absolute Gasteiger partial charge is 0.309 e. The van der Waals surface area contributed by atoms with Gasteiger partial charge in [0.05, 0.1) is 0 Å². The van der Waals surface area contributed by atoms with E-state index in [1.165, 1.54) is 19.3 Å². The number of benzene rings is 1. The van der Waals surface area contributed by atoms with Gasteiger partial charge in [0.15, 0.2) is 0 Å². The average Bonchev–Trinajstić information content (AvgIpc) is 2.42. The molecule has 0 heterocycles. The van der Waals surface area contributed by atoms with E-state index in [4.69, 9.17) is 0 Å². The Morgan fingerprint density at radius 2 is 1.89 bits per heavy atom. The molecule has 1 aliphatic rings. The Balaban J connectivity index is 2.21. The van der Waals surface area contributed by atoms with Crippen molar-refractivity contribution in [1.82, 2.24) is 0 Å². The zero-order valence-electron chi connectivity index (χ0n) is 10.8. The van der Waals surface area contributed by atoms with Crippen molar-refractivity contribution >= 4 is 11.6 Å². The standard InChI is InChI=1S/C16H21NO/c1-2-9-16(18)17(14-10-5-3-6-11-14)15-12-7-4-8-13-15/h2-3,5-6,10-11,15H,1,4,7-9,12-13H2. The van der Waals surface area contributed by atoms with Crippen LogP contribution in [0.25, 0.3) is 0 Å². The normalized spacial score (nSPS) is 16.2. The predicted octanol–water partition coefficient (Wildman–Crippen LogP) is 3.93. The lowest BCUT2D eigenvalue weighted by molar-refractivity contribution is -0.118. The second-order valence-corrected chi connectivity index (χ2v) is 4.88. The number of carbonyl (C=O) groups is 1. The third kappa shape index (κ3) is 3.00. The van der Waals surface area contributed by atoms with E-state index in [2.05, 4.69) is 6.58 Å². The quantitative estimate of drug-likeness (QED) is 0.734. The van der Waals surface area contributed by atoms with Gasteiger partial charge in [-0.2, -0.15) is 0 Å². The Hall–Kier alpha value is -1.57. The van der Waals surface area contributed by atoms with E-state index in [1.54, 1.807) is 6.08 Å². The van der Waals surface area contributed by atoms with E-state index in [9.17, 15) is 4.79 Å². The van der Waals surface area contributed by atoms with E-state index >= 15 is 0 Å². The molecule has 18 heavy (non-hydrogen) atoms. The van der Waals surface area contributed by atoms with Crippen LogP contribution in [0.5, 0.6) is 0 Å². The minimum atomic E-state index is 0.170. The van der Waals surface area contributed by atoms with Crippen LogP contribution in [0, 0.1) is 0 Å². The molecule has 1 saturated carbocycles. The van der Waals surface area contributed by atoms with Crippen molar-refractivity contribution in [3.8, 4) is 0 Å². The van der Waals surface area contributed by atoms with E-state index < -0.39 is 0 Å². The van der Waals surface area contributed by atoms with Gasteiger partial charge in [-0.25, -0.2) is 0 Å². The van der Waals surface area contributed by atoms with Crippen molar-refractivity contribution in [3.63, 3.8) is 0 Å². The first-order valence-corrected chi connectivity index (χ1v) is 6.81. The topological polar surface area (TPSA) is 20.3 Å². The van der Waals surface area contributed by atoms with Gasteiger partial charge >= 0.3 is 0 Å². The van der Waals surface area contributed by atoms with E-state index in [-0.39, 0.29) is 5.91 Å². The maximum absolute atomic E-state index is 12.3. The summed E-state index contributed by atoms with van der Waals surface area (Å²) in [6.45, 7) is 3.67. The summed E-state index contributed by atoms with van der Waals surface area (Å²) in [6, 6.07) is 10.4. The lowest BCUT2D eigenvalue weighted by atomic mass is 9.93. The first-order chi connectivity index (χ1) is 8.83. The molecular weight excluding hydrogens is 222 g/mol. The molecule has 0 atom stereocenters. The summed E-state index contributed by atoms with van der Waals surface area (Å²) >= 11 is 0. The molecule has 2 heteroatoms. The molecule has 1 aromatic carbocycles. The monoisotopic (exact) mass is 243 g/mol. The molecule has 1 fully saturated rings. The van der Waals surface area contributed by atoms with Gasteiger partial charge in [0, 0.05) is 18.2 Å². The van der Waals surface area contributed by atoms with Crippen LogP contribution in [0.1, 0.15) is 38.5 Å². The van der Waals surface area contributed by atoms with Gasteiger partial charge in [-0.05, 0) is 25.0 Å². The Morgan fingerprint density at radius 3 is 2.50 bits per heavy atom. The summed E-state index contributed by atoms with van der Waals surface area (Å²) in [4.78, 5) is 14.3. The molecule has 96 valence electrons. The Kier molecular flexibility index (Phi) is 4.57. The van der Waals surface area contributed by atoms with E-state index in [0.717, 1.165) is 18.5 Å². The lowest BCUT2D eigenvalue weighted by Gasteiger charge is -2.34. The van der Waals surface area contributed by atoms with Gasteiger partial charge in [0.2, 0.25) is 5.91 Å². The van der Waals surface area contributed by atoms with Gasteiger partial charge in [-0.15, -0.1) is 6.58 Å². The number of amides is 1. The van der Waals surface area contributed by atoms with E-state index in [0.29, 0.717) is 12.5 Å². The number of nitrogens with zero attached hydrogens (tertiary/aromatic N) is 1. The Bertz CT molecular complexity index is 393. The summed E-state index contributed by atoms with van der Waals surface area (Å²) in [5.74, 6) is 0.170. The summed E-state index contributed by atoms with van der Waals surface area (Å²) in [5.41, 5.74) is 1.02. The number of hydrogen-bond donors (Lipinski definition) is 0. The van der Waals surface area contributed by atoms with Crippen molar-refractivity contribution in [3.05, 3.63) is 43.0 Å². The fourth-order valence-corrected chi connectivity index (χ4v) is 2.71. The number of hydrogen-bond acceptors (Lipinski definition) is 1. The van der Waals surface area contributed by atoms with Crippen LogP contribution >= 0.6 is 0 Å². The highest BCUT2D eigenvalue weighted by Gasteiger charge is 2.25. The van der Waals surface area contributed by atoms with Gasteiger partial charge in [0.25, 0.3) is 0 Å². The van der Waals surface area contributed by atoms with Crippen molar-refractivity contribution in [2.24, 2.45) is 0 Å². The lowest BCUT2D eigenvalue weighted by Crippen LogP contribution is -2.41. The first kappa shape index (κ1) is 12.9. The third-order valence-electron chi connectivity index (χ3n) is 3.56. The van der Waals surface area contributed by atoms with Gasteiger partial charge in [-0.3, -0.25) is 4.79 Å². The van der Waals surface area contributed by atoms with Crippen LogP contribution in [0.4, 0.5) is 5.69 Å². The molecule has 0 spiro atoms. The predicted molar refractivity (Wildman–Crippen MR) is 75.6 cm³/mol. The number of anilines is 1. The van der Waals surface area contributed by atoms with Gasteiger partial charge in [0.1, 0.15) is 0 Å². The van der Waals surface area contributed by atoms with Crippen LogP contribution in [0.3, 0.4) is 0 Å². The third-order valence-corrected chi connectivity index (χ3v) is 3.56. The Labute approximate surface area is 109 Å². The number of rotatable bonds is 4. The fourth-order valence-electron chi connectivity index (χ4n) is 2.71. The van der Waals surface area contributed by atoms with Crippen LogP contribution in [-0.4, -0.2) is 11.9 Å². The molecule has 0 radical (unpaired) electrons. The molecule has 2 nitrogen and oxygen atoms in total.